The average Bonchev–Trinajstić information content (AvgIpc) is 3.41. The molecular formula is C23H26N4O3S. The van der Waals surface area contributed by atoms with Crippen LogP contribution in [0.4, 0.5) is 5.82 Å². The zero-order valence-electron chi connectivity index (χ0n) is 17.8. The Hall–Kier alpha value is -2.87. The Morgan fingerprint density at radius 1 is 1.26 bits per heavy atom. The van der Waals surface area contributed by atoms with Crippen molar-refractivity contribution in [2.75, 3.05) is 18.7 Å². The molecule has 1 atom stereocenters. The molecule has 8 heteroatoms. The van der Waals surface area contributed by atoms with Crippen LogP contribution in [0.2, 0.25) is 0 Å². The summed E-state index contributed by atoms with van der Waals surface area (Å²) in [5.74, 6) is 2.42. The van der Waals surface area contributed by atoms with Gasteiger partial charge < -0.3 is 19.7 Å². The van der Waals surface area contributed by atoms with E-state index in [1.165, 1.54) is 17.8 Å². The first-order valence-corrected chi connectivity index (χ1v) is 11.6. The van der Waals surface area contributed by atoms with Crippen LogP contribution in [0.25, 0.3) is 10.2 Å². The highest BCUT2D eigenvalue weighted by Crippen LogP contribution is 2.36. The van der Waals surface area contributed by atoms with Gasteiger partial charge in [0.1, 0.15) is 17.0 Å². The molecular weight excluding hydrogens is 412 g/mol. The van der Waals surface area contributed by atoms with E-state index in [9.17, 15) is 4.79 Å². The number of carbonyl (C=O) groups excluding carboxylic acids is 1. The van der Waals surface area contributed by atoms with Crippen LogP contribution in [-0.4, -0.2) is 40.2 Å². The number of hydrogen-bond acceptors (Lipinski definition) is 7. The van der Waals surface area contributed by atoms with E-state index in [1.54, 1.807) is 6.33 Å². The second-order valence-corrected chi connectivity index (χ2v) is 9.06. The first kappa shape index (κ1) is 20.1. The predicted octanol–water partition coefficient (Wildman–Crippen LogP) is 4.75. The summed E-state index contributed by atoms with van der Waals surface area (Å²) in [6.07, 6.45) is 5.93. The van der Waals surface area contributed by atoms with Crippen molar-refractivity contribution in [3.8, 4) is 11.5 Å². The van der Waals surface area contributed by atoms with Gasteiger partial charge in [-0.15, -0.1) is 11.3 Å². The molecule has 1 aromatic carbocycles. The lowest BCUT2D eigenvalue weighted by Crippen LogP contribution is -2.43. The number of benzene rings is 1. The normalized spacial score (nSPS) is 17.9. The van der Waals surface area contributed by atoms with E-state index in [2.05, 4.69) is 27.1 Å². The molecule has 0 spiro atoms. The SMILES string of the molecule is CC[C@@H]1CCCCN1C(=O)c1sc2ncnc(NCc3ccc4c(c3)OCO4)c2c1C. The van der Waals surface area contributed by atoms with E-state index in [1.807, 2.05) is 25.1 Å². The smallest absolute Gasteiger partial charge is 0.264 e. The fraction of sp³-hybridized carbons (Fsp3) is 0.435. The molecule has 2 aliphatic rings. The number of anilines is 1. The maximum absolute atomic E-state index is 13.4. The molecule has 0 aliphatic carbocycles. The van der Waals surface area contributed by atoms with Gasteiger partial charge in [-0.1, -0.05) is 13.0 Å². The van der Waals surface area contributed by atoms with Crippen molar-refractivity contribution in [1.82, 2.24) is 14.9 Å². The van der Waals surface area contributed by atoms with Crippen molar-refractivity contribution in [3.05, 3.63) is 40.5 Å². The van der Waals surface area contributed by atoms with Crippen LogP contribution in [0.3, 0.4) is 0 Å². The topological polar surface area (TPSA) is 76.6 Å². The minimum absolute atomic E-state index is 0.133. The minimum atomic E-state index is 0.133. The molecule has 2 aromatic heterocycles. The van der Waals surface area contributed by atoms with E-state index in [0.29, 0.717) is 12.6 Å². The summed E-state index contributed by atoms with van der Waals surface area (Å²) in [5, 5.41) is 4.35. The van der Waals surface area contributed by atoms with Gasteiger partial charge in [0.05, 0.1) is 10.3 Å². The van der Waals surface area contributed by atoms with Crippen molar-refractivity contribution >= 4 is 33.3 Å². The summed E-state index contributed by atoms with van der Waals surface area (Å²) in [6, 6.07) is 6.24. The summed E-state index contributed by atoms with van der Waals surface area (Å²) in [7, 11) is 0. The van der Waals surface area contributed by atoms with E-state index >= 15 is 0 Å². The van der Waals surface area contributed by atoms with Crippen LogP contribution in [0.5, 0.6) is 11.5 Å². The zero-order valence-corrected chi connectivity index (χ0v) is 18.6. The quantitative estimate of drug-likeness (QED) is 0.620. The third kappa shape index (κ3) is 3.69. The molecule has 0 radical (unpaired) electrons. The number of nitrogens with one attached hydrogen (secondary N) is 1. The molecule has 1 fully saturated rings. The van der Waals surface area contributed by atoms with E-state index in [-0.39, 0.29) is 12.7 Å². The summed E-state index contributed by atoms with van der Waals surface area (Å²) in [5.41, 5.74) is 2.03. The van der Waals surface area contributed by atoms with Crippen LogP contribution >= 0.6 is 11.3 Å². The van der Waals surface area contributed by atoms with E-state index in [4.69, 9.17) is 9.47 Å². The minimum Gasteiger partial charge on any atom is -0.454 e. The Balaban J connectivity index is 1.41. The van der Waals surface area contributed by atoms with Crippen molar-refractivity contribution in [1.29, 1.82) is 0 Å². The molecule has 3 aromatic rings. The molecule has 2 aliphatic heterocycles. The number of thiophene rings is 1. The molecule has 5 rings (SSSR count). The monoisotopic (exact) mass is 438 g/mol. The fourth-order valence-corrected chi connectivity index (χ4v) is 5.57. The molecule has 1 N–H and O–H groups in total. The second kappa shape index (κ2) is 8.34. The van der Waals surface area contributed by atoms with Gasteiger partial charge in [-0.3, -0.25) is 4.79 Å². The number of fused-ring (bicyclic) bond motifs is 2. The number of hydrogen-bond donors (Lipinski definition) is 1. The number of aromatic nitrogens is 2. The molecule has 0 saturated carbocycles. The van der Waals surface area contributed by atoms with Crippen molar-refractivity contribution in [3.63, 3.8) is 0 Å². The number of piperidine rings is 1. The second-order valence-electron chi connectivity index (χ2n) is 8.06. The van der Waals surface area contributed by atoms with Crippen LogP contribution in [0, 0.1) is 6.92 Å². The van der Waals surface area contributed by atoms with Crippen LogP contribution in [-0.2, 0) is 6.54 Å². The molecule has 0 unspecified atom stereocenters. The highest BCUT2D eigenvalue weighted by molar-refractivity contribution is 7.20. The molecule has 1 saturated heterocycles. The summed E-state index contributed by atoms with van der Waals surface area (Å²) < 4.78 is 10.9. The fourth-order valence-electron chi connectivity index (χ4n) is 4.47. The number of carbonyl (C=O) groups is 1. The van der Waals surface area contributed by atoms with Crippen molar-refractivity contribution in [2.45, 2.75) is 52.1 Å². The van der Waals surface area contributed by atoms with Gasteiger partial charge in [0.15, 0.2) is 11.5 Å². The average molecular weight is 439 g/mol. The Labute approximate surface area is 185 Å². The van der Waals surface area contributed by atoms with Crippen molar-refractivity contribution < 1.29 is 14.3 Å². The molecule has 31 heavy (non-hydrogen) atoms. The molecule has 4 heterocycles. The Morgan fingerprint density at radius 2 is 2.13 bits per heavy atom. The lowest BCUT2D eigenvalue weighted by atomic mass is 9.99. The van der Waals surface area contributed by atoms with E-state index in [0.717, 1.165) is 69.3 Å². The van der Waals surface area contributed by atoms with Gasteiger partial charge in [-0.05, 0) is 55.9 Å². The summed E-state index contributed by atoms with van der Waals surface area (Å²) in [4.78, 5) is 26.0. The number of aryl methyl sites for hydroxylation is 1. The van der Waals surface area contributed by atoms with Gasteiger partial charge >= 0.3 is 0 Å². The van der Waals surface area contributed by atoms with Gasteiger partial charge in [0, 0.05) is 19.1 Å². The van der Waals surface area contributed by atoms with Crippen LogP contribution < -0.4 is 14.8 Å². The number of nitrogens with zero attached hydrogens (tertiary/aromatic N) is 3. The van der Waals surface area contributed by atoms with Gasteiger partial charge in [0.2, 0.25) is 6.79 Å². The number of rotatable bonds is 5. The number of ether oxygens (including phenoxy) is 2. The third-order valence-electron chi connectivity index (χ3n) is 6.18. The predicted molar refractivity (Wildman–Crippen MR) is 121 cm³/mol. The van der Waals surface area contributed by atoms with Crippen LogP contribution in [0.1, 0.15) is 53.4 Å². The maximum Gasteiger partial charge on any atom is 0.264 e. The molecule has 1 amide bonds. The zero-order chi connectivity index (χ0) is 21.4. The Kier molecular flexibility index (Phi) is 5.40. The highest BCUT2D eigenvalue weighted by atomic mass is 32.1. The third-order valence-corrected chi connectivity index (χ3v) is 7.37. The Morgan fingerprint density at radius 3 is 3.00 bits per heavy atom. The Bertz CT molecular complexity index is 1130. The lowest BCUT2D eigenvalue weighted by molar-refractivity contribution is 0.0612. The standard InChI is InChI=1S/C23H26N4O3S/c1-3-16-6-4-5-9-27(16)23(28)20-14(2)19-21(25-12-26-22(19)31-20)24-11-15-7-8-17-18(10-15)30-13-29-17/h7-8,10,12,16H,3-6,9,11,13H2,1-2H3,(H,24,25,26)/t16-/m1/s1. The number of likely N-dealkylation sites (tertiary alicyclic amines) is 1. The molecule has 0 bridgehead atoms. The molecule has 162 valence electrons. The first-order valence-electron chi connectivity index (χ1n) is 10.8. The number of amides is 1. The van der Waals surface area contributed by atoms with Gasteiger partial charge in [0.25, 0.3) is 5.91 Å². The van der Waals surface area contributed by atoms with Gasteiger partial charge in [-0.25, -0.2) is 9.97 Å². The van der Waals surface area contributed by atoms with Gasteiger partial charge in [-0.2, -0.15) is 0 Å². The largest absolute Gasteiger partial charge is 0.454 e. The van der Waals surface area contributed by atoms with E-state index < -0.39 is 0 Å². The van der Waals surface area contributed by atoms with Crippen molar-refractivity contribution in [2.24, 2.45) is 0 Å². The molecule has 7 nitrogen and oxygen atoms in total. The lowest BCUT2D eigenvalue weighted by Gasteiger charge is -2.35. The van der Waals surface area contributed by atoms with Crippen LogP contribution in [0.15, 0.2) is 24.5 Å². The highest BCUT2D eigenvalue weighted by Gasteiger charge is 2.29. The first-order chi connectivity index (χ1) is 15.2. The maximum atomic E-state index is 13.4. The summed E-state index contributed by atoms with van der Waals surface area (Å²) >= 11 is 1.47. The summed E-state index contributed by atoms with van der Waals surface area (Å²) in [6.45, 7) is 5.86.